The Balaban J connectivity index is 1.47. The van der Waals surface area contributed by atoms with Crippen LogP contribution in [0, 0.1) is 11.3 Å². The number of benzene rings is 2. The number of carbonyl (C=O) groups is 1. The van der Waals surface area contributed by atoms with Crippen molar-refractivity contribution in [2.24, 2.45) is 0 Å². The van der Waals surface area contributed by atoms with Crippen LogP contribution < -0.4 is 10.1 Å². The molecule has 182 valence electrons. The molecule has 0 unspecified atom stereocenters. The van der Waals surface area contributed by atoms with Crippen LogP contribution in [0.2, 0.25) is 5.02 Å². The highest BCUT2D eigenvalue weighted by molar-refractivity contribution is 7.16. The van der Waals surface area contributed by atoms with Crippen LogP contribution in [0.25, 0.3) is 0 Å². The number of thiophene rings is 1. The van der Waals surface area contributed by atoms with E-state index in [1.54, 1.807) is 29.5 Å². The van der Waals surface area contributed by atoms with Gasteiger partial charge in [-0.2, -0.15) is 5.26 Å². The van der Waals surface area contributed by atoms with Gasteiger partial charge in [0.1, 0.15) is 23.4 Å². The van der Waals surface area contributed by atoms with E-state index in [0.717, 1.165) is 42.6 Å². The van der Waals surface area contributed by atoms with E-state index >= 15 is 0 Å². The van der Waals surface area contributed by atoms with Crippen LogP contribution in [0.15, 0.2) is 48.5 Å². The Kier molecular flexibility index (Phi) is 9.22. The van der Waals surface area contributed by atoms with Crippen molar-refractivity contribution in [3.8, 4) is 11.8 Å². The van der Waals surface area contributed by atoms with Crippen LogP contribution in [-0.2, 0) is 19.4 Å². The summed E-state index contributed by atoms with van der Waals surface area (Å²) in [5, 5.41) is 14.3. The number of aryl methyl sites for hydroxylation is 1. The number of hydrogen-bond donors (Lipinski definition) is 1. The molecule has 0 bridgehead atoms. The van der Waals surface area contributed by atoms with Gasteiger partial charge in [0.15, 0.2) is 0 Å². The average molecular weight is 507 g/mol. The zero-order valence-corrected chi connectivity index (χ0v) is 21.5. The van der Waals surface area contributed by atoms with Gasteiger partial charge in [-0.05, 0) is 73.2 Å². The molecule has 0 radical (unpaired) electrons. The molecule has 0 fully saturated rings. The molecule has 0 saturated heterocycles. The Bertz CT molecular complexity index is 1180. The summed E-state index contributed by atoms with van der Waals surface area (Å²) in [4.78, 5) is 14.4. The first-order valence-electron chi connectivity index (χ1n) is 12.5. The third kappa shape index (κ3) is 7.10. The molecule has 1 amide bonds. The second kappa shape index (κ2) is 12.8. The number of amides is 1. The number of ether oxygens (including phenoxy) is 1. The lowest BCUT2D eigenvalue weighted by Gasteiger charge is -2.09. The number of nitrogens with one attached hydrogen (secondary N) is 1. The van der Waals surface area contributed by atoms with Crippen molar-refractivity contribution in [2.45, 2.75) is 70.8 Å². The zero-order valence-electron chi connectivity index (χ0n) is 19.9. The molecule has 1 aliphatic rings. The summed E-state index contributed by atoms with van der Waals surface area (Å²) >= 11 is 7.51. The summed E-state index contributed by atoms with van der Waals surface area (Å²) in [5.41, 5.74) is 3.25. The van der Waals surface area contributed by atoms with Gasteiger partial charge >= 0.3 is 0 Å². The lowest BCUT2D eigenvalue weighted by molar-refractivity contribution is 0.102. The predicted molar refractivity (Wildman–Crippen MR) is 144 cm³/mol. The Morgan fingerprint density at radius 2 is 1.66 bits per heavy atom. The molecule has 1 heterocycles. The van der Waals surface area contributed by atoms with Crippen molar-refractivity contribution in [3.63, 3.8) is 0 Å². The molecule has 1 aliphatic carbocycles. The standard InChI is InChI=1S/C29H31ClN2O2S/c30-23-14-16-24(17-15-23)34-20-21-10-9-11-22(18-21)28(33)32-29-26(19-31)25-12-7-5-3-1-2-4-6-8-13-27(25)35-29/h9-11,14-18H,1-8,12-13,20H2,(H,32,33). The van der Waals surface area contributed by atoms with Crippen molar-refractivity contribution >= 4 is 33.8 Å². The van der Waals surface area contributed by atoms with Gasteiger partial charge < -0.3 is 10.1 Å². The number of anilines is 1. The van der Waals surface area contributed by atoms with Crippen LogP contribution in [0.1, 0.15) is 83.3 Å². The van der Waals surface area contributed by atoms with Crippen LogP contribution in [-0.4, -0.2) is 5.91 Å². The Hall–Kier alpha value is -2.81. The van der Waals surface area contributed by atoms with Gasteiger partial charge in [0, 0.05) is 15.5 Å². The van der Waals surface area contributed by atoms with E-state index in [1.807, 2.05) is 30.3 Å². The molecule has 3 aromatic rings. The van der Waals surface area contributed by atoms with Gasteiger partial charge in [0.25, 0.3) is 5.91 Å². The molecular formula is C29H31ClN2O2S. The molecular weight excluding hydrogens is 476 g/mol. The first kappa shape index (κ1) is 25.3. The second-order valence-corrected chi connectivity index (χ2v) is 10.6. The average Bonchev–Trinajstić information content (AvgIpc) is 3.19. The lowest BCUT2D eigenvalue weighted by Crippen LogP contribution is -2.12. The number of carbonyl (C=O) groups excluding carboxylic acids is 1. The van der Waals surface area contributed by atoms with Gasteiger partial charge in [-0.3, -0.25) is 4.79 Å². The predicted octanol–water partition coefficient (Wildman–Crippen LogP) is 8.32. The first-order valence-corrected chi connectivity index (χ1v) is 13.7. The van der Waals surface area contributed by atoms with Crippen molar-refractivity contribution in [1.82, 2.24) is 0 Å². The molecule has 0 spiro atoms. The summed E-state index contributed by atoms with van der Waals surface area (Å²) in [7, 11) is 0. The molecule has 1 aromatic heterocycles. The highest BCUT2D eigenvalue weighted by Crippen LogP contribution is 2.36. The van der Waals surface area contributed by atoms with Crippen LogP contribution in [0.5, 0.6) is 5.75 Å². The zero-order chi connectivity index (χ0) is 24.5. The number of nitrogens with zero attached hydrogens (tertiary/aromatic N) is 1. The van der Waals surface area contributed by atoms with E-state index in [-0.39, 0.29) is 5.91 Å². The minimum absolute atomic E-state index is 0.202. The fourth-order valence-corrected chi connectivity index (χ4v) is 5.87. The van der Waals surface area contributed by atoms with Gasteiger partial charge in [0.2, 0.25) is 0 Å². The molecule has 35 heavy (non-hydrogen) atoms. The van der Waals surface area contributed by atoms with Gasteiger partial charge in [-0.15, -0.1) is 11.3 Å². The molecule has 4 nitrogen and oxygen atoms in total. The highest BCUT2D eigenvalue weighted by Gasteiger charge is 2.20. The largest absolute Gasteiger partial charge is 0.489 e. The third-order valence-electron chi connectivity index (χ3n) is 6.42. The number of fused-ring (bicyclic) bond motifs is 1. The van der Waals surface area contributed by atoms with Crippen LogP contribution in [0.4, 0.5) is 5.00 Å². The number of nitriles is 1. The molecule has 0 aliphatic heterocycles. The molecule has 4 rings (SSSR count). The maximum absolute atomic E-state index is 13.1. The van der Waals surface area contributed by atoms with E-state index in [9.17, 15) is 10.1 Å². The highest BCUT2D eigenvalue weighted by atomic mass is 35.5. The van der Waals surface area contributed by atoms with Gasteiger partial charge in [-0.25, -0.2) is 0 Å². The lowest BCUT2D eigenvalue weighted by atomic mass is 9.98. The van der Waals surface area contributed by atoms with Crippen molar-refractivity contribution in [1.29, 1.82) is 5.26 Å². The van der Waals surface area contributed by atoms with Gasteiger partial charge in [0.05, 0.1) is 5.56 Å². The Morgan fingerprint density at radius 3 is 2.37 bits per heavy atom. The number of hydrogen-bond acceptors (Lipinski definition) is 4. The summed E-state index contributed by atoms with van der Waals surface area (Å²) in [5.74, 6) is 0.518. The minimum Gasteiger partial charge on any atom is -0.489 e. The van der Waals surface area contributed by atoms with Crippen LogP contribution >= 0.6 is 22.9 Å². The molecule has 2 aromatic carbocycles. The monoisotopic (exact) mass is 506 g/mol. The number of rotatable bonds is 5. The molecule has 0 saturated carbocycles. The summed E-state index contributed by atoms with van der Waals surface area (Å²) in [6, 6.07) is 17.0. The maximum atomic E-state index is 13.1. The fraction of sp³-hybridized carbons (Fsp3) is 0.379. The SMILES string of the molecule is N#Cc1c(NC(=O)c2cccc(COc3ccc(Cl)cc3)c2)sc2c1CCCCCCCCCC2. The summed E-state index contributed by atoms with van der Waals surface area (Å²) in [6.07, 6.45) is 11.8. The number of halogens is 1. The molecule has 6 heteroatoms. The van der Waals surface area contributed by atoms with E-state index in [0.29, 0.717) is 27.8 Å². The molecule has 1 N–H and O–H groups in total. The van der Waals surface area contributed by atoms with Crippen molar-refractivity contribution in [3.05, 3.63) is 80.7 Å². The first-order chi connectivity index (χ1) is 17.1. The van der Waals surface area contributed by atoms with E-state index < -0.39 is 0 Å². The Morgan fingerprint density at radius 1 is 0.971 bits per heavy atom. The quantitative estimate of drug-likeness (QED) is 0.378. The Labute approximate surface area is 216 Å². The minimum atomic E-state index is -0.202. The molecule has 0 atom stereocenters. The van der Waals surface area contributed by atoms with Crippen LogP contribution in [0.3, 0.4) is 0 Å². The van der Waals surface area contributed by atoms with E-state index in [4.69, 9.17) is 16.3 Å². The summed E-state index contributed by atoms with van der Waals surface area (Å²) < 4.78 is 5.82. The normalized spacial score (nSPS) is 14.6. The maximum Gasteiger partial charge on any atom is 0.256 e. The fourth-order valence-electron chi connectivity index (χ4n) is 4.51. The van der Waals surface area contributed by atoms with E-state index in [1.165, 1.54) is 43.4 Å². The van der Waals surface area contributed by atoms with E-state index in [2.05, 4.69) is 11.4 Å². The van der Waals surface area contributed by atoms with Crippen molar-refractivity contribution < 1.29 is 9.53 Å². The third-order valence-corrected chi connectivity index (χ3v) is 7.88. The second-order valence-electron chi connectivity index (χ2n) is 9.05. The van der Waals surface area contributed by atoms with Gasteiger partial charge in [-0.1, -0.05) is 62.3 Å². The topological polar surface area (TPSA) is 62.1 Å². The van der Waals surface area contributed by atoms with Crippen molar-refractivity contribution in [2.75, 3.05) is 5.32 Å². The smallest absolute Gasteiger partial charge is 0.256 e. The summed E-state index contributed by atoms with van der Waals surface area (Å²) in [6.45, 7) is 0.347.